The number of esters is 1. The highest BCUT2D eigenvalue weighted by Gasteiger charge is 2.26. The average molecular weight is 261 g/mol. The number of carbonyl (C=O) groups is 1. The molecule has 0 aliphatic heterocycles. The summed E-state index contributed by atoms with van der Waals surface area (Å²) in [5, 5.41) is 8.10. The summed E-state index contributed by atoms with van der Waals surface area (Å²) in [6.45, 7) is 5.41. The van der Waals surface area contributed by atoms with Crippen LogP contribution in [0.15, 0.2) is 4.40 Å². The SMILES string of the molecule is CCC(C)(C)C(=O)OCCCS(=O)(=O)N=C=[N-]. The topological polar surface area (TPSA) is 95.1 Å². The first kappa shape index (κ1) is 15.8. The van der Waals surface area contributed by atoms with E-state index >= 15 is 0 Å². The third-order valence-electron chi connectivity index (χ3n) is 2.40. The summed E-state index contributed by atoms with van der Waals surface area (Å²) in [7, 11) is -3.70. The van der Waals surface area contributed by atoms with Gasteiger partial charge in [0.25, 0.3) is 0 Å². The van der Waals surface area contributed by atoms with E-state index in [1.54, 1.807) is 13.8 Å². The van der Waals surface area contributed by atoms with Crippen molar-refractivity contribution in [3.8, 4) is 0 Å². The second-order valence-electron chi connectivity index (χ2n) is 4.20. The lowest BCUT2D eigenvalue weighted by Crippen LogP contribution is -2.26. The maximum Gasteiger partial charge on any atom is 0.311 e. The molecule has 17 heavy (non-hydrogen) atoms. The van der Waals surface area contributed by atoms with Gasteiger partial charge in [0.1, 0.15) is 0 Å². The van der Waals surface area contributed by atoms with Crippen LogP contribution in [-0.2, 0) is 19.6 Å². The molecule has 0 aromatic heterocycles. The predicted octanol–water partition coefficient (Wildman–Crippen LogP) is 1.43. The van der Waals surface area contributed by atoms with E-state index in [0.29, 0.717) is 6.42 Å². The molecule has 0 atom stereocenters. The zero-order valence-electron chi connectivity index (χ0n) is 10.3. The van der Waals surface area contributed by atoms with Crippen LogP contribution in [0.3, 0.4) is 0 Å². The molecule has 0 aliphatic rings. The smallest absolute Gasteiger partial charge is 0.311 e. The van der Waals surface area contributed by atoms with Gasteiger partial charge in [0.2, 0.25) is 0 Å². The van der Waals surface area contributed by atoms with Gasteiger partial charge >= 0.3 is 5.97 Å². The van der Waals surface area contributed by atoms with Crippen LogP contribution in [0.4, 0.5) is 0 Å². The van der Waals surface area contributed by atoms with Crippen molar-refractivity contribution >= 4 is 22.0 Å². The molecule has 0 N–H and O–H groups in total. The molecule has 0 bridgehead atoms. The van der Waals surface area contributed by atoms with Gasteiger partial charge < -0.3 is 14.5 Å². The molecular formula is C10H17N2O4S-. The van der Waals surface area contributed by atoms with E-state index in [1.165, 1.54) is 6.01 Å². The van der Waals surface area contributed by atoms with Gasteiger partial charge in [0.15, 0.2) is 10.0 Å². The van der Waals surface area contributed by atoms with Gasteiger partial charge in [-0.2, -0.15) is 0 Å². The number of nitrogens with zero attached hydrogens (tertiary/aromatic N) is 2. The first-order valence-corrected chi connectivity index (χ1v) is 6.87. The molecule has 0 aromatic carbocycles. The highest BCUT2D eigenvalue weighted by atomic mass is 32.2. The summed E-state index contributed by atoms with van der Waals surface area (Å²) in [4.78, 5) is 11.5. The Morgan fingerprint density at radius 1 is 1.47 bits per heavy atom. The summed E-state index contributed by atoms with van der Waals surface area (Å²) in [5.74, 6) is -0.643. The van der Waals surface area contributed by atoms with Crippen LogP contribution < -0.4 is 0 Å². The summed E-state index contributed by atoms with van der Waals surface area (Å²) in [6.07, 6.45) is 0.785. The summed E-state index contributed by atoms with van der Waals surface area (Å²) >= 11 is 0. The number of carbonyl (C=O) groups excluding carboxylic acids is 1. The minimum absolute atomic E-state index is 0.0163. The standard InChI is InChI=1S/C10H17N2O4S/c1-4-10(2,3)9(13)16-6-5-7-17(14,15)12-8-11/h4-7H2,1-3H3/q-1. The zero-order chi connectivity index (χ0) is 13.5. The van der Waals surface area contributed by atoms with Gasteiger partial charge in [0.05, 0.1) is 17.8 Å². The molecule has 6 nitrogen and oxygen atoms in total. The Morgan fingerprint density at radius 3 is 2.53 bits per heavy atom. The lowest BCUT2D eigenvalue weighted by Gasteiger charge is -2.20. The number of rotatable bonds is 7. The van der Waals surface area contributed by atoms with Crippen LogP contribution in [0.25, 0.3) is 5.41 Å². The summed E-state index contributed by atoms with van der Waals surface area (Å²) in [6, 6.07) is 1.22. The van der Waals surface area contributed by atoms with Crippen molar-refractivity contribution in [1.82, 2.24) is 0 Å². The summed E-state index contributed by atoms with van der Waals surface area (Å²) < 4.78 is 29.7. The molecule has 7 heteroatoms. The predicted molar refractivity (Wildman–Crippen MR) is 64.2 cm³/mol. The number of hydrogen-bond acceptors (Lipinski definition) is 4. The van der Waals surface area contributed by atoms with Crippen molar-refractivity contribution < 1.29 is 17.9 Å². The molecule has 0 amide bonds. The molecular weight excluding hydrogens is 244 g/mol. The lowest BCUT2D eigenvalue weighted by molar-refractivity contribution is -0.154. The van der Waals surface area contributed by atoms with Crippen LogP contribution in [0.1, 0.15) is 33.6 Å². The fourth-order valence-corrected chi connectivity index (χ4v) is 1.55. The van der Waals surface area contributed by atoms with Crippen molar-refractivity contribution in [2.75, 3.05) is 12.4 Å². The van der Waals surface area contributed by atoms with Crippen molar-refractivity contribution in [1.29, 1.82) is 0 Å². The number of hydrogen-bond donors (Lipinski definition) is 0. The van der Waals surface area contributed by atoms with E-state index in [2.05, 4.69) is 4.40 Å². The Hall–Kier alpha value is -1.20. The molecule has 0 saturated heterocycles. The quantitative estimate of drug-likeness (QED) is 0.393. The largest absolute Gasteiger partial charge is 0.465 e. The normalized spacial score (nSPS) is 11.7. The van der Waals surface area contributed by atoms with Crippen LogP contribution in [-0.4, -0.2) is 32.8 Å². The van der Waals surface area contributed by atoms with E-state index in [-0.39, 0.29) is 24.7 Å². The fourth-order valence-electron chi connectivity index (χ4n) is 0.854. The first-order valence-electron chi connectivity index (χ1n) is 5.26. The number of ether oxygens (including phenoxy) is 1. The highest BCUT2D eigenvalue weighted by Crippen LogP contribution is 2.21. The van der Waals surface area contributed by atoms with Gasteiger partial charge in [-0.3, -0.25) is 4.79 Å². The Morgan fingerprint density at radius 2 is 2.06 bits per heavy atom. The maximum atomic E-state index is 11.5. The second-order valence-corrected chi connectivity index (χ2v) is 5.96. The van der Waals surface area contributed by atoms with Gasteiger partial charge in [-0.1, -0.05) is 6.92 Å². The minimum Gasteiger partial charge on any atom is -0.465 e. The molecule has 0 saturated carbocycles. The minimum atomic E-state index is -3.70. The first-order chi connectivity index (χ1) is 7.75. The Labute approximate surface area is 102 Å². The Bertz CT molecular complexity index is 408. The third kappa shape index (κ3) is 6.19. The van der Waals surface area contributed by atoms with E-state index in [1.807, 2.05) is 6.92 Å². The maximum absolute atomic E-state index is 11.5. The number of sulfonamides is 1. The van der Waals surface area contributed by atoms with Crippen molar-refractivity contribution in [2.24, 2.45) is 9.81 Å². The van der Waals surface area contributed by atoms with E-state index in [0.717, 1.165) is 0 Å². The highest BCUT2D eigenvalue weighted by molar-refractivity contribution is 7.90. The van der Waals surface area contributed by atoms with Crippen LogP contribution >= 0.6 is 0 Å². The van der Waals surface area contributed by atoms with Gasteiger partial charge in [0, 0.05) is 0 Å². The van der Waals surface area contributed by atoms with Crippen molar-refractivity contribution in [3.05, 3.63) is 5.41 Å². The van der Waals surface area contributed by atoms with E-state index in [9.17, 15) is 13.2 Å². The monoisotopic (exact) mass is 261 g/mol. The molecule has 0 rings (SSSR count). The summed E-state index contributed by atoms with van der Waals surface area (Å²) in [5.41, 5.74) is -0.560. The Kier molecular flexibility index (Phi) is 6.05. The molecule has 0 spiro atoms. The van der Waals surface area contributed by atoms with E-state index in [4.69, 9.17) is 10.1 Å². The lowest BCUT2D eigenvalue weighted by atomic mass is 9.91. The molecule has 0 unspecified atom stereocenters. The third-order valence-corrected chi connectivity index (χ3v) is 3.56. The molecule has 0 aromatic rings. The molecule has 0 fully saturated rings. The molecule has 0 radical (unpaired) electrons. The van der Waals surface area contributed by atoms with Crippen LogP contribution in [0.2, 0.25) is 0 Å². The molecule has 98 valence electrons. The van der Waals surface area contributed by atoms with Crippen molar-refractivity contribution in [3.63, 3.8) is 0 Å². The Balaban J connectivity index is 4.03. The van der Waals surface area contributed by atoms with Gasteiger partial charge in [-0.15, -0.1) is 6.01 Å². The fraction of sp³-hybridized carbons (Fsp3) is 0.800. The van der Waals surface area contributed by atoms with Crippen LogP contribution in [0, 0.1) is 5.41 Å². The van der Waals surface area contributed by atoms with Gasteiger partial charge in [-0.25, -0.2) is 8.42 Å². The second kappa shape index (κ2) is 6.51. The average Bonchev–Trinajstić information content (AvgIpc) is 2.24. The van der Waals surface area contributed by atoms with Crippen molar-refractivity contribution in [2.45, 2.75) is 33.6 Å². The molecule has 0 heterocycles. The zero-order valence-corrected chi connectivity index (χ0v) is 11.1. The van der Waals surface area contributed by atoms with Gasteiger partial charge in [-0.05, 0) is 26.7 Å². The van der Waals surface area contributed by atoms with Crippen LogP contribution in [0.5, 0.6) is 0 Å². The van der Waals surface area contributed by atoms with E-state index < -0.39 is 15.4 Å². The molecule has 0 aliphatic carbocycles.